The van der Waals surface area contributed by atoms with E-state index in [-0.39, 0.29) is 22.8 Å². The van der Waals surface area contributed by atoms with E-state index in [0.717, 1.165) is 32.1 Å². The smallest absolute Gasteiger partial charge is 0.344 e. The summed E-state index contributed by atoms with van der Waals surface area (Å²) in [6.07, 6.45) is 4.87. The van der Waals surface area contributed by atoms with Crippen molar-refractivity contribution in [3.63, 3.8) is 0 Å². The van der Waals surface area contributed by atoms with Crippen LogP contribution in [0.25, 0.3) is 10.9 Å². The second-order valence-electron chi connectivity index (χ2n) is 8.38. The van der Waals surface area contributed by atoms with E-state index in [1.165, 1.54) is 29.9 Å². The van der Waals surface area contributed by atoms with Gasteiger partial charge in [0.25, 0.3) is 5.56 Å². The van der Waals surface area contributed by atoms with Crippen molar-refractivity contribution in [3.8, 4) is 5.75 Å². The van der Waals surface area contributed by atoms with E-state index in [9.17, 15) is 24.8 Å². The first kappa shape index (κ1) is 24.5. The number of nitro groups is 1. The minimum atomic E-state index is -1.34. The molecule has 0 bridgehead atoms. The summed E-state index contributed by atoms with van der Waals surface area (Å²) >= 11 is 3.24. The fourth-order valence-electron chi connectivity index (χ4n) is 4.18. The molecule has 1 atom stereocenters. The lowest BCUT2D eigenvalue weighted by Gasteiger charge is -2.22. The van der Waals surface area contributed by atoms with Crippen LogP contribution in [0.2, 0.25) is 0 Å². The molecule has 0 unspecified atom stereocenters. The van der Waals surface area contributed by atoms with Crippen LogP contribution in [-0.4, -0.2) is 38.0 Å². The number of hydrogen-bond acceptors (Lipinski definition) is 7. The van der Waals surface area contributed by atoms with Crippen LogP contribution in [0.4, 0.5) is 5.69 Å². The van der Waals surface area contributed by atoms with Gasteiger partial charge in [0, 0.05) is 22.0 Å². The van der Waals surface area contributed by atoms with Crippen LogP contribution in [0, 0.1) is 10.1 Å². The van der Waals surface area contributed by atoms with Crippen LogP contribution in [0.5, 0.6) is 5.75 Å². The number of benzene rings is 2. The van der Waals surface area contributed by atoms with E-state index in [1.54, 1.807) is 18.2 Å². The number of para-hydroxylation sites is 1. The van der Waals surface area contributed by atoms with Gasteiger partial charge in [0.2, 0.25) is 5.75 Å². The van der Waals surface area contributed by atoms with Crippen molar-refractivity contribution in [1.82, 2.24) is 9.66 Å². The summed E-state index contributed by atoms with van der Waals surface area (Å²) in [5.41, 5.74) is -0.0422. The first-order valence-corrected chi connectivity index (χ1v) is 12.0. The summed E-state index contributed by atoms with van der Waals surface area (Å²) in [5, 5.41) is 25.7. The number of fused-ring (bicyclic) bond motifs is 1. The summed E-state index contributed by atoms with van der Waals surface area (Å²) in [6, 6.07) is 9.76. The third-order valence-corrected chi connectivity index (χ3v) is 6.42. The summed E-state index contributed by atoms with van der Waals surface area (Å²) in [5.74, 6) is -0.939. The average molecular weight is 543 g/mol. The Morgan fingerprint density at radius 1 is 1.31 bits per heavy atom. The van der Waals surface area contributed by atoms with Gasteiger partial charge in [-0.25, -0.2) is 9.78 Å². The maximum Gasteiger partial charge on any atom is 0.344 e. The van der Waals surface area contributed by atoms with Crippen molar-refractivity contribution in [2.24, 2.45) is 5.10 Å². The zero-order valence-corrected chi connectivity index (χ0v) is 20.5. The molecule has 2 aromatic carbocycles. The number of halogens is 1. The third-order valence-electron chi connectivity index (χ3n) is 5.96. The molecule has 1 heterocycles. The molecule has 1 aliphatic rings. The highest BCUT2D eigenvalue weighted by molar-refractivity contribution is 9.10. The molecule has 0 amide bonds. The van der Waals surface area contributed by atoms with Crippen LogP contribution < -0.4 is 10.3 Å². The summed E-state index contributed by atoms with van der Waals surface area (Å²) < 4.78 is 7.05. The zero-order valence-electron chi connectivity index (χ0n) is 18.9. The molecule has 1 aliphatic carbocycles. The number of carbonyl (C=O) groups is 1. The monoisotopic (exact) mass is 542 g/mol. The Kier molecular flexibility index (Phi) is 7.25. The van der Waals surface area contributed by atoms with Crippen molar-refractivity contribution < 1.29 is 19.6 Å². The zero-order chi connectivity index (χ0) is 25.1. The number of rotatable bonds is 7. The highest BCUT2D eigenvalue weighted by Gasteiger charge is 2.26. The molecule has 0 radical (unpaired) electrons. The molecule has 35 heavy (non-hydrogen) atoms. The maximum absolute atomic E-state index is 13.4. The largest absolute Gasteiger partial charge is 0.479 e. The van der Waals surface area contributed by atoms with Gasteiger partial charge in [-0.05, 0) is 38.0 Å². The van der Waals surface area contributed by atoms with E-state index >= 15 is 0 Å². The number of hydrogen-bond donors (Lipinski definition) is 1. The molecule has 4 rings (SSSR count). The predicted octanol–water partition coefficient (Wildman–Crippen LogP) is 4.85. The molecule has 1 N–H and O–H groups in total. The van der Waals surface area contributed by atoms with Crippen molar-refractivity contribution in [2.75, 3.05) is 0 Å². The van der Waals surface area contributed by atoms with E-state index in [1.807, 2.05) is 6.07 Å². The van der Waals surface area contributed by atoms with Crippen LogP contribution >= 0.6 is 15.9 Å². The van der Waals surface area contributed by atoms with Gasteiger partial charge < -0.3 is 9.84 Å². The molecule has 1 saturated carbocycles. The van der Waals surface area contributed by atoms with Crippen LogP contribution in [0.15, 0.2) is 50.8 Å². The first-order chi connectivity index (χ1) is 16.8. The Bertz CT molecular complexity index is 1380. The van der Waals surface area contributed by atoms with Crippen molar-refractivity contribution >= 4 is 44.7 Å². The summed E-state index contributed by atoms with van der Waals surface area (Å²) in [6.45, 7) is 1.27. The van der Waals surface area contributed by atoms with Gasteiger partial charge in [0.05, 0.1) is 22.0 Å². The van der Waals surface area contributed by atoms with Crippen molar-refractivity contribution in [1.29, 1.82) is 0 Å². The minimum Gasteiger partial charge on any atom is -0.479 e. The standard InChI is InChI=1S/C24H23BrN4O6/c1-14(24(31)32)35-21-16(11-17(25)12-20(21)29(33)34)13-26-28-22(15-7-3-2-4-8-15)27-19-10-6-5-9-18(19)23(28)30/h5-6,9-15H,2-4,7-8H2,1H3,(H,31,32)/t14-/m0/s1. The topological polar surface area (TPSA) is 137 Å². The van der Waals surface area contributed by atoms with E-state index in [2.05, 4.69) is 21.0 Å². The second kappa shape index (κ2) is 10.3. The quantitative estimate of drug-likeness (QED) is 0.256. The lowest BCUT2D eigenvalue weighted by atomic mass is 9.88. The van der Waals surface area contributed by atoms with Gasteiger partial charge in [-0.15, -0.1) is 0 Å². The second-order valence-corrected chi connectivity index (χ2v) is 9.30. The minimum absolute atomic E-state index is 0.0535. The molecule has 0 saturated heterocycles. The number of nitro benzene ring substituents is 1. The highest BCUT2D eigenvalue weighted by Crippen LogP contribution is 2.35. The Morgan fingerprint density at radius 3 is 2.71 bits per heavy atom. The fraction of sp³-hybridized carbons (Fsp3) is 0.333. The predicted molar refractivity (Wildman–Crippen MR) is 133 cm³/mol. The van der Waals surface area contributed by atoms with Crippen molar-refractivity contribution in [2.45, 2.75) is 51.0 Å². The van der Waals surface area contributed by atoms with E-state index < -0.39 is 22.7 Å². The summed E-state index contributed by atoms with van der Waals surface area (Å²) in [7, 11) is 0. The number of aromatic nitrogens is 2. The molecule has 1 aromatic heterocycles. The van der Waals surface area contributed by atoms with Gasteiger partial charge in [0.15, 0.2) is 6.10 Å². The lowest BCUT2D eigenvalue weighted by Crippen LogP contribution is -2.25. The van der Waals surface area contributed by atoms with E-state index in [0.29, 0.717) is 21.2 Å². The van der Waals surface area contributed by atoms with Gasteiger partial charge in [0.1, 0.15) is 5.82 Å². The van der Waals surface area contributed by atoms with Gasteiger partial charge >= 0.3 is 11.7 Å². The Morgan fingerprint density at radius 2 is 2.03 bits per heavy atom. The normalized spacial score (nSPS) is 15.4. The van der Waals surface area contributed by atoms with Gasteiger partial charge in [-0.2, -0.15) is 9.78 Å². The molecule has 3 aromatic rings. The number of nitrogens with zero attached hydrogens (tertiary/aromatic N) is 4. The summed E-state index contributed by atoms with van der Waals surface area (Å²) in [4.78, 5) is 40.5. The number of ether oxygens (including phenoxy) is 1. The maximum atomic E-state index is 13.4. The fourth-order valence-corrected chi connectivity index (χ4v) is 4.65. The van der Waals surface area contributed by atoms with Crippen LogP contribution in [0.1, 0.15) is 56.3 Å². The number of carboxylic acids is 1. The average Bonchev–Trinajstić information content (AvgIpc) is 2.84. The van der Waals surface area contributed by atoms with E-state index in [4.69, 9.17) is 9.72 Å². The highest BCUT2D eigenvalue weighted by atomic mass is 79.9. The Labute approximate surface area is 208 Å². The first-order valence-electron chi connectivity index (χ1n) is 11.2. The lowest BCUT2D eigenvalue weighted by molar-refractivity contribution is -0.386. The molecule has 0 aliphatic heterocycles. The van der Waals surface area contributed by atoms with Crippen molar-refractivity contribution in [3.05, 3.63) is 72.7 Å². The SMILES string of the molecule is C[C@H](Oc1c(C=Nn2c(C3CCCCC3)nc3ccccc3c2=O)cc(Br)cc1[N+](=O)[O-])C(=O)O. The van der Waals surface area contributed by atoms with Gasteiger partial charge in [-0.1, -0.05) is 47.3 Å². The molecule has 11 heteroatoms. The third kappa shape index (κ3) is 5.24. The molecular formula is C24H23BrN4O6. The Balaban J connectivity index is 1.88. The van der Waals surface area contributed by atoms with Gasteiger partial charge in [-0.3, -0.25) is 14.9 Å². The number of carboxylic acid groups (broad SMARTS) is 1. The van der Waals surface area contributed by atoms with Crippen LogP contribution in [-0.2, 0) is 4.79 Å². The molecule has 10 nitrogen and oxygen atoms in total. The molecule has 182 valence electrons. The molecular weight excluding hydrogens is 520 g/mol. The van der Waals surface area contributed by atoms with Crippen LogP contribution in [0.3, 0.4) is 0 Å². The number of aliphatic carboxylic acids is 1. The molecule has 0 spiro atoms. The Hall–Kier alpha value is -3.60. The molecule has 1 fully saturated rings.